The third-order valence-electron chi connectivity index (χ3n) is 3.98. The van der Waals surface area contributed by atoms with E-state index in [-0.39, 0.29) is 21.6 Å². The first-order chi connectivity index (χ1) is 13.0. The Kier molecular flexibility index (Phi) is 4.97. The number of rotatable bonds is 3. The second-order valence-corrected chi connectivity index (χ2v) is 8.03. The monoisotopic (exact) mass is 413 g/mol. The minimum absolute atomic E-state index is 0.0107. The minimum Gasteiger partial charge on any atom is -0.224 e. The fraction of sp³-hybridized carbons (Fsp3) is 0.105. The van der Waals surface area contributed by atoms with Crippen molar-refractivity contribution in [1.29, 1.82) is 0 Å². The van der Waals surface area contributed by atoms with Crippen molar-refractivity contribution in [3.63, 3.8) is 0 Å². The largest absolute Gasteiger partial charge is 0.434 e. The van der Waals surface area contributed by atoms with E-state index in [1.54, 1.807) is 0 Å². The summed E-state index contributed by atoms with van der Waals surface area (Å²) in [5, 5.41) is 0. The average Bonchev–Trinajstić information content (AvgIpc) is 2.60. The molecule has 0 bridgehead atoms. The number of benzene rings is 2. The lowest BCUT2D eigenvalue weighted by atomic mass is 9.93. The maximum absolute atomic E-state index is 13.9. The summed E-state index contributed by atoms with van der Waals surface area (Å²) in [6.07, 6.45) is -3.98. The molecule has 0 saturated carbocycles. The number of alkyl halides is 3. The lowest BCUT2D eigenvalue weighted by Gasteiger charge is -2.17. The van der Waals surface area contributed by atoms with E-state index in [0.717, 1.165) is 36.6 Å². The van der Waals surface area contributed by atoms with Crippen LogP contribution in [0.2, 0.25) is 0 Å². The highest BCUT2D eigenvalue weighted by Gasteiger charge is 2.38. The standard InChI is InChI=1S/C19H12F5NO2S/c1-28(26,27)14-8-4-11(5-9-14)15-10-16(21)25-18(19(22,23)24)17(15)12-2-6-13(20)7-3-12/h2-10H,1H3. The summed E-state index contributed by atoms with van der Waals surface area (Å²) < 4.78 is 90.9. The second kappa shape index (κ2) is 6.97. The molecule has 3 rings (SSSR count). The van der Waals surface area contributed by atoms with Crippen molar-refractivity contribution in [1.82, 2.24) is 4.98 Å². The van der Waals surface area contributed by atoms with Crippen LogP contribution in [0.4, 0.5) is 22.0 Å². The van der Waals surface area contributed by atoms with Gasteiger partial charge in [-0.1, -0.05) is 24.3 Å². The number of hydrogen-bond acceptors (Lipinski definition) is 3. The van der Waals surface area contributed by atoms with Crippen LogP contribution in [0.1, 0.15) is 5.69 Å². The Morgan fingerprint density at radius 2 is 1.39 bits per heavy atom. The molecule has 0 atom stereocenters. The van der Waals surface area contributed by atoms with E-state index in [1.807, 2.05) is 0 Å². The molecule has 1 heterocycles. The van der Waals surface area contributed by atoms with Gasteiger partial charge in [0.25, 0.3) is 0 Å². The first-order valence-electron chi connectivity index (χ1n) is 7.81. The summed E-state index contributed by atoms with van der Waals surface area (Å²) in [6.45, 7) is 0. The highest BCUT2D eigenvalue weighted by Crippen LogP contribution is 2.42. The van der Waals surface area contributed by atoms with Crippen LogP contribution >= 0.6 is 0 Å². The van der Waals surface area contributed by atoms with Gasteiger partial charge in [0.05, 0.1) is 4.90 Å². The van der Waals surface area contributed by atoms with Crippen molar-refractivity contribution < 1.29 is 30.4 Å². The summed E-state index contributed by atoms with van der Waals surface area (Å²) in [7, 11) is -3.52. The molecule has 0 fully saturated rings. The number of hydrogen-bond donors (Lipinski definition) is 0. The molecule has 0 aliphatic carbocycles. The Morgan fingerprint density at radius 1 is 0.857 bits per heavy atom. The number of halogens is 5. The Labute approximate surface area is 157 Å². The fourth-order valence-electron chi connectivity index (χ4n) is 2.74. The molecule has 0 aliphatic heterocycles. The van der Waals surface area contributed by atoms with Crippen LogP contribution in [-0.4, -0.2) is 19.7 Å². The lowest BCUT2D eigenvalue weighted by Crippen LogP contribution is -2.12. The van der Waals surface area contributed by atoms with E-state index >= 15 is 0 Å². The molecule has 0 saturated heterocycles. The molecule has 0 spiro atoms. The summed E-state index contributed by atoms with van der Waals surface area (Å²) in [4.78, 5) is 2.97. The molecule has 0 radical (unpaired) electrons. The Bertz CT molecular complexity index is 1120. The van der Waals surface area contributed by atoms with Crippen molar-refractivity contribution in [2.24, 2.45) is 0 Å². The zero-order valence-electron chi connectivity index (χ0n) is 14.3. The molecule has 0 N–H and O–H groups in total. The molecular formula is C19H12F5NO2S. The fourth-order valence-corrected chi connectivity index (χ4v) is 3.37. The predicted molar refractivity (Wildman–Crippen MR) is 93.1 cm³/mol. The first kappa shape index (κ1) is 19.9. The van der Waals surface area contributed by atoms with E-state index in [4.69, 9.17) is 0 Å². The zero-order chi connectivity index (χ0) is 20.7. The van der Waals surface area contributed by atoms with Gasteiger partial charge >= 0.3 is 6.18 Å². The molecule has 28 heavy (non-hydrogen) atoms. The van der Waals surface area contributed by atoms with Crippen LogP contribution in [0.5, 0.6) is 0 Å². The van der Waals surface area contributed by atoms with Crippen LogP contribution in [-0.2, 0) is 16.0 Å². The number of sulfone groups is 1. The van der Waals surface area contributed by atoms with E-state index in [0.29, 0.717) is 0 Å². The smallest absolute Gasteiger partial charge is 0.224 e. The van der Waals surface area contributed by atoms with Crippen LogP contribution in [0.25, 0.3) is 22.3 Å². The van der Waals surface area contributed by atoms with Crippen molar-refractivity contribution >= 4 is 9.84 Å². The van der Waals surface area contributed by atoms with Crippen LogP contribution < -0.4 is 0 Å². The zero-order valence-corrected chi connectivity index (χ0v) is 15.1. The normalized spacial score (nSPS) is 12.2. The third kappa shape index (κ3) is 4.04. The molecule has 3 nitrogen and oxygen atoms in total. The third-order valence-corrected chi connectivity index (χ3v) is 5.11. The van der Waals surface area contributed by atoms with Crippen LogP contribution in [0.3, 0.4) is 0 Å². The van der Waals surface area contributed by atoms with Gasteiger partial charge in [-0.2, -0.15) is 17.6 Å². The van der Waals surface area contributed by atoms with Gasteiger partial charge < -0.3 is 0 Å². The van der Waals surface area contributed by atoms with E-state index in [2.05, 4.69) is 4.98 Å². The topological polar surface area (TPSA) is 47.0 Å². The number of aromatic nitrogens is 1. The van der Waals surface area contributed by atoms with Crippen molar-refractivity contribution in [3.8, 4) is 22.3 Å². The molecule has 9 heteroatoms. The van der Waals surface area contributed by atoms with E-state index in [1.165, 1.54) is 24.3 Å². The summed E-state index contributed by atoms with van der Waals surface area (Å²) in [5.41, 5.74) is -1.89. The summed E-state index contributed by atoms with van der Waals surface area (Å²) in [6, 6.07) is 10.0. The van der Waals surface area contributed by atoms with Gasteiger partial charge in [0.1, 0.15) is 5.82 Å². The van der Waals surface area contributed by atoms with Crippen LogP contribution in [0, 0.1) is 11.8 Å². The van der Waals surface area contributed by atoms with Gasteiger partial charge in [-0.05, 0) is 41.0 Å². The lowest BCUT2D eigenvalue weighted by molar-refractivity contribution is -0.141. The number of nitrogens with zero attached hydrogens (tertiary/aromatic N) is 1. The summed E-state index contributed by atoms with van der Waals surface area (Å²) >= 11 is 0. The Balaban J connectivity index is 2.31. The second-order valence-electron chi connectivity index (χ2n) is 6.02. The predicted octanol–water partition coefficient (Wildman–Crippen LogP) is 5.12. The Hall–Kier alpha value is -2.81. The quantitative estimate of drug-likeness (QED) is 0.443. The molecule has 0 amide bonds. The molecule has 0 unspecified atom stereocenters. The molecule has 146 valence electrons. The average molecular weight is 413 g/mol. The van der Waals surface area contributed by atoms with Crippen LogP contribution in [0.15, 0.2) is 59.5 Å². The highest BCUT2D eigenvalue weighted by atomic mass is 32.2. The van der Waals surface area contributed by atoms with E-state index in [9.17, 15) is 30.4 Å². The van der Waals surface area contributed by atoms with Gasteiger partial charge in [0, 0.05) is 17.9 Å². The molecule has 0 aliphatic rings. The van der Waals surface area contributed by atoms with Gasteiger partial charge in [-0.15, -0.1) is 0 Å². The van der Waals surface area contributed by atoms with Gasteiger partial charge in [-0.3, -0.25) is 0 Å². The van der Waals surface area contributed by atoms with Gasteiger partial charge in [0.2, 0.25) is 5.95 Å². The SMILES string of the molecule is CS(=O)(=O)c1ccc(-c2cc(F)nc(C(F)(F)F)c2-c2ccc(F)cc2)cc1. The maximum atomic E-state index is 13.9. The van der Waals surface area contributed by atoms with Gasteiger partial charge in [-0.25, -0.2) is 17.8 Å². The van der Waals surface area contributed by atoms with Crippen molar-refractivity contribution in [2.45, 2.75) is 11.1 Å². The van der Waals surface area contributed by atoms with Crippen molar-refractivity contribution in [3.05, 3.63) is 72.1 Å². The molecular weight excluding hydrogens is 401 g/mol. The number of pyridine rings is 1. The minimum atomic E-state index is -4.97. The Morgan fingerprint density at radius 3 is 1.89 bits per heavy atom. The molecule has 3 aromatic rings. The maximum Gasteiger partial charge on any atom is 0.434 e. The van der Waals surface area contributed by atoms with E-state index < -0.39 is 39.0 Å². The van der Waals surface area contributed by atoms with Crippen molar-refractivity contribution in [2.75, 3.05) is 6.26 Å². The molecule has 2 aromatic carbocycles. The van der Waals surface area contributed by atoms with Gasteiger partial charge in [0.15, 0.2) is 15.5 Å². The first-order valence-corrected chi connectivity index (χ1v) is 9.70. The molecule has 1 aromatic heterocycles. The summed E-state index contributed by atoms with van der Waals surface area (Å²) in [5.74, 6) is -1.99. The highest BCUT2D eigenvalue weighted by molar-refractivity contribution is 7.90.